The van der Waals surface area contributed by atoms with Crippen molar-refractivity contribution < 1.29 is 38.9 Å². The Labute approximate surface area is 283 Å². The maximum absolute atomic E-state index is 12.0. The molecule has 0 radical (unpaired) electrons. The Hall–Kier alpha value is 1.35. The molecule has 17 heteroatoms. The molecule has 0 aliphatic carbocycles. The highest BCUT2D eigenvalue weighted by Crippen LogP contribution is 2.17. The lowest BCUT2D eigenvalue weighted by Gasteiger charge is -2.05. The molecule has 0 aromatic heterocycles. The van der Waals surface area contributed by atoms with Crippen LogP contribution >= 0.6 is 106 Å². The van der Waals surface area contributed by atoms with Gasteiger partial charge in [-0.15, -0.1) is 47.0 Å². The van der Waals surface area contributed by atoms with Gasteiger partial charge in [-0.3, -0.25) is 19.2 Å². The Bertz CT molecular complexity index is 623. The van der Waals surface area contributed by atoms with Crippen LogP contribution in [0.4, 0.5) is 0 Å². The Kier molecular flexibility index (Phi) is 35.4. The number of ether oxygens (including phenoxy) is 2. The highest BCUT2D eigenvalue weighted by Gasteiger charge is 2.08. The van der Waals surface area contributed by atoms with E-state index in [0.29, 0.717) is 61.9 Å². The number of aliphatic hydroxyl groups is 2. The van der Waals surface area contributed by atoms with Gasteiger partial charge in [0, 0.05) is 80.5 Å². The molecule has 0 aliphatic heterocycles. The number of esters is 2. The molecule has 0 heterocycles. The molecule has 0 saturated heterocycles. The van der Waals surface area contributed by atoms with Crippen molar-refractivity contribution in [2.24, 2.45) is 0 Å². The summed E-state index contributed by atoms with van der Waals surface area (Å²) in [6.45, 7) is 0.771. The van der Waals surface area contributed by atoms with Crippen LogP contribution in [0.2, 0.25) is 0 Å². The Morgan fingerprint density at radius 1 is 0.439 bits per heavy atom. The van der Waals surface area contributed by atoms with Gasteiger partial charge in [-0.05, 0) is 0 Å². The molecule has 0 aliphatic rings. The normalized spacial score (nSPS) is 11.0. The largest absolute Gasteiger partial charge is 0.465 e. The molecule has 2 N–H and O–H groups in total. The summed E-state index contributed by atoms with van der Waals surface area (Å²) in [5, 5.41) is 19.2. The van der Waals surface area contributed by atoms with Gasteiger partial charge in [-0.25, -0.2) is 0 Å². The van der Waals surface area contributed by atoms with Gasteiger partial charge in [0.2, 0.25) is 0 Å². The molecule has 0 fully saturated rings. The lowest BCUT2D eigenvalue weighted by molar-refractivity contribution is -0.143. The number of rotatable bonds is 30. The summed E-state index contributed by atoms with van der Waals surface area (Å²) in [6.07, 6.45) is 1.67. The minimum atomic E-state index is -0.212. The van der Waals surface area contributed by atoms with Gasteiger partial charge < -0.3 is 19.7 Å². The van der Waals surface area contributed by atoms with Crippen LogP contribution in [0.25, 0.3) is 0 Å². The van der Waals surface area contributed by atoms with Crippen LogP contribution in [0.15, 0.2) is 0 Å². The van der Waals surface area contributed by atoms with Gasteiger partial charge in [0.1, 0.15) is 13.2 Å². The second-order valence-corrected chi connectivity index (χ2v) is 18.3. The first-order valence-electron chi connectivity index (χ1n) is 12.9. The van der Waals surface area contributed by atoms with E-state index >= 15 is 0 Å². The van der Waals surface area contributed by atoms with Gasteiger partial charge in [-0.1, -0.05) is 23.5 Å². The standard InChI is InChI=1S/C24H42O8S9/c25-17-38-19-36-11-5-31-21(27)1-7-33-9-3-23(29)40-15-13-35-14-16-41-24(30)4-10-34-8-2-22(28)32-6-12-37-20-39-18-26/h25-26H,1-20H2. The summed E-state index contributed by atoms with van der Waals surface area (Å²) in [6, 6.07) is 0. The predicted molar refractivity (Wildman–Crippen MR) is 191 cm³/mol. The molecule has 0 unspecified atom stereocenters. The molecule has 0 rings (SSSR count). The monoisotopic (exact) mass is 746 g/mol. The number of thioether (sulfide) groups is 9. The van der Waals surface area contributed by atoms with Gasteiger partial charge in [0.05, 0.1) is 24.7 Å². The summed E-state index contributed by atoms with van der Waals surface area (Å²) in [5.41, 5.74) is 0. The van der Waals surface area contributed by atoms with E-state index in [1.54, 1.807) is 58.8 Å². The molecule has 41 heavy (non-hydrogen) atoms. The summed E-state index contributed by atoms with van der Waals surface area (Å²) >= 11 is 13.7. The van der Waals surface area contributed by atoms with Crippen LogP contribution < -0.4 is 0 Å². The molecule has 0 atom stereocenters. The Morgan fingerprint density at radius 2 is 0.829 bits per heavy atom. The molecule has 240 valence electrons. The first-order valence-corrected chi connectivity index (χ1v) is 22.9. The van der Waals surface area contributed by atoms with E-state index in [1.807, 2.05) is 0 Å². The van der Waals surface area contributed by atoms with Crippen LogP contribution in [0.1, 0.15) is 25.7 Å². The first kappa shape index (κ1) is 42.3. The predicted octanol–water partition coefficient (Wildman–Crippen LogP) is 5.10. The van der Waals surface area contributed by atoms with E-state index in [1.165, 1.54) is 47.0 Å². The highest BCUT2D eigenvalue weighted by atomic mass is 32.2. The van der Waals surface area contributed by atoms with Gasteiger partial charge >= 0.3 is 11.9 Å². The molecular weight excluding hydrogens is 705 g/mol. The van der Waals surface area contributed by atoms with Crippen molar-refractivity contribution in [1.82, 2.24) is 0 Å². The highest BCUT2D eigenvalue weighted by molar-refractivity contribution is 8.16. The Morgan fingerprint density at radius 3 is 1.24 bits per heavy atom. The summed E-state index contributed by atoms with van der Waals surface area (Å²) in [7, 11) is 0. The van der Waals surface area contributed by atoms with E-state index in [2.05, 4.69) is 0 Å². The van der Waals surface area contributed by atoms with Gasteiger partial charge in [0.25, 0.3) is 0 Å². The zero-order chi connectivity index (χ0) is 30.2. The third-order valence-electron chi connectivity index (χ3n) is 4.28. The van der Waals surface area contributed by atoms with E-state index in [-0.39, 0.29) is 34.0 Å². The van der Waals surface area contributed by atoms with Crippen LogP contribution in [-0.4, -0.2) is 125 Å². The third-order valence-corrected chi connectivity index (χ3v) is 13.6. The van der Waals surface area contributed by atoms with Crippen molar-refractivity contribution >= 4 is 128 Å². The minimum absolute atomic E-state index is 0.104. The maximum Gasteiger partial charge on any atom is 0.306 e. The first-order chi connectivity index (χ1) is 20.0. The van der Waals surface area contributed by atoms with Crippen molar-refractivity contribution in [1.29, 1.82) is 0 Å². The summed E-state index contributed by atoms with van der Waals surface area (Å²) in [4.78, 5) is 47.3. The van der Waals surface area contributed by atoms with Crippen LogP contribution in [0.5, 0.6) is 0 Å². The number of aliphatic hydroxyl groups excluding tert-OH is 2. The molecule has 0 aromatic carbocycles. The SMILES string of the molecule is O=C(CCSCCC(=O)SCCSCCSC(=O)CCSCCC(=O)OCCSCSCO)OCCSCSCO. The second-order valence-electron chi connectivity index (χ2n) is 7.44. The number of hydrogen-bond acceptors (Lipinski definition) is 17. The average Bonchev–Trinajstić information content (AvgIpc) is 2.95. The van der Waals surface area contributed by atoms with Gasteiger partial charge in [0.15, 0.2) is 10.2 Å². The minimum Gasteiger partial charge on any atom is -0.465 e. The van der Waals surface area contributed by atoms with Gasteiger partial charge in [-0.2, -0.15) is 35.3 Å². The van der Waals surface area contributed by atoms with E-state index in [9.17, 15) is 19.2 Å². The third kappa shape index (κ3) is 34.1. The fourth-order valence-corrected chi connectivity index (χ4v) is 9.98. The lowest BCUT2D eigenvalue weighted by Crippen LogP contribution is -2.08. The van der Waals surface area contributed by atoms with Crippen LogP contribution in [0, 0.1) is 0 Å². The van der Waals surface area contributed by atoms with Crippen molar-refractivity contribution in [3.05, 3.63) is 0 Å². The molecule has 8 nitrogen and oxygen atoms in total. The van der Waals surface area contributed by atoms with Crippen molar-refractivity contribution in [2.45, 2.75) is 25.7 Å². The molecule has 0 spiro atoms. The molecule has 0 bridgehead atoms. The van der Waals surface area contributed by atoms with E-state index < -0.39 is 0 Å². The average molecular weight is 747 g/mol. The smallest absolute Gasteiger partial charge is 0.306 e. The quantitative estimate of drug-likeness (QED) is 0.0575. The fraction of sp³-hybridized carbons (Fsp3) is 0.833. The van der Waals surface area contributed by atoms with E-state index in [4.69, 9.17) is 19.7 Å². The van der Waals surface area contributed by atoms with Crippen molar-refractivity contribution in [3.8, 4) is 0 Å². The fourth-order valence-electron chi connectivity index (χ4n) is 2.38. The maximum atomic E-state index is 12.0. The second kappa shape index (κ2) is 34.2. The lowest BCUT2D eigenvalue weighted by atomic mass is 10.5. The molecular formula is C24H42O8S9. The van der Waals surface area contributed by atoms with E-state index in [0.717, 1.165) is 44.7 Å². The molecule has 0 aromatic rings. The molecule has 0 amide bonds. The Balaban J connectivity index is 3.41. The van der Waals surface area contributed by atoms with Crippen LogP contribution in [0.3, 0.4) is 0 Å². The molecule has 0 saturated carbocycles. The van der Waals surface area contributed by atoms with Crippen molar-refractivity contribution in [2.75, 3.05) is 92.8 Å². The zero-order valence-electron chi connectivity index (χ0n) is 23.2. The van der Waals surface area contributed by atoms with Crippen LogP contribution in [-0.2, 0) is 28.7 Å². The summed E-state index contributed by atoms with van der Waals surface area (Å²) in [5.74, 6) is 7.19. The zero-order valence-corrected chi connectivity index (χ0v) is 30.5. The number of carbonyl (C=O) groups excluding carboxylic acids is 4. The topological polar surface area (TPSA) is 127 Å². The number of carbonyl (C=O) groups is 4. The van der Waals surface area contributed by atoms with Crippen molar-refractivity contribution in [3.63, 3.8) is 0 Å². The summed E-state index contributed by atoms with van der Waals surface area (Å²) < 4.78 is 10.3. The number of hydrogen-bond donors (Lipinski definition) is 2.